The molecule has 0 radical (unpaired) electrons. The topological polar surface area (TPSA) is 97.5 Å². The number of carboxylic acids is 1. The van der Waals surface area contributed by atoms with Gasteiger partial charge in [-0.05, 0) is 11.4 Å². The van der Waals surface area contributed by atoms with Gasteiger partial charge in [0.25, 0.3) is 0 Å². The molecule has 0 aliphatic heterocycles. The standard InChI is InChI=1S/C11H13N3O4S/c15-4-6-18-5-3-14-10(8-2-1-7-19-8)9(11(16)17)12-13-14/h1-2,7,15H,3-6H2,(H,16,17). The molecule has 2 rings (SSSR count). The SMILES string of the molecule is O=C(O)c1nnn(CCOCCO)c1-c1cccs1. The third-order valence-electron chi connectivity index (χ3n) is 2.38. The number of rotatable bonds is 7. The van der Waals surface area contributed by atoms with Crippen LogP contribution in [0.4, 0.5) is 0 Å². The Morgan fingerprint density at radius 2 is 2.32 bits per heavy atom. The molecule has 2 N–H and O–H groups in total. The number of hydrogen-bond donors (Lipinski definition) is 2. The Kier molecular flexibility index (Phi) is 4.61. The van der Waals surface area contributed by atoms with Crippen LogP contribution in [0.15, 0.2) is 17.5 Å². The number of aliphatic hydroxyl groups is 1. The summed E-state index contributed by atoms with van der Waals surface area (Å²) in [7, 11) is 0. The monoisotopic (exact) mass is 283 g/mol. The highest BCUT2D eigenvalue weighted by atomic mass is 32.1. The van der Waals surface area contributed by atoms with Crippen LogP contribution in [-0.4, -0.2) is 51.0 Å². The van der Waals surface area contributed by atoms with Crippen LogP contribution in [-0.2, 0) is 11.3 Å². The molecule has 0 bridgehead atoms. The second kappa shape index (κ2) is 6.41. The summed E-state index contributed by atoms with van der Waals surface area (Å²) in [5, 5.41) is 27.1. The molecule has 8 heteroatoms. The maximum absolute atomic E-state index is 11.1. The van der Waals surface area contributed by atoms with E-state index in [2.05, 4.69) is 10.3 Å². The number of hydrogen-bond acceptors (Lipinski definition) is 6. The number of aromatic carboxylic acids is 1. The number of thiophene rings is 1. The van der Waals surface area contributed by atoms with Gasteiger partial charge in [-0.3, -0.25) is 0 Å². The highest BCUT2D eigenvalue weighted by Crippen LogP contribution is 2.26. The average Bonchev–Trinajstić information content (AvgIpc) is 3.02. The van der Waals surface area contributed by atoms with E-state index in [0.717, 1.165) is 4.88 Å². The van der Waals surface area contributed by atoms with Gasteiger partial charge in [-0.15, -0.1) is 16.4 Å². The highest BCUT2D eigenvalue weighted by molar-refractivity contribution is 7.13. The van der Waals surface area contributed by atoms with Crippen molar-refractivity contribution in [3.05, 3.63) is 23.2 Å². The lowest BCUT2D eigenvalue weighted by Gasteiger charge is -2.05. The lowest BCUT2D eigenvalue weighted by Crippen LogP contribution is -2.11. The van der Waals surface area contributed by atoms with Crippen molar-refractivity contribution in [3.8, 4) is 10.6 Å². The second-order valence-electron chi connectivity index (χ2n) is 3.63. The van der Waals surface area contributed by atoms with Crippen LogP contribution in [0.2, 0.25) is 0 Å². The Balaban J connectivity index is 2.21. The zero-order valence-corrected chi connectivity index (χ0v) is 10.8. The number of carboxylic acid groups (broad SMARTS) is 1. The molecule has 0 spiro atoms. The number of aliphatic hydroxyl groups excluding tert-OH is 1. The van der Waals surface area contributed by atoms with Gasteiger partial charge in [-0.1, -0.05) is 11.3 Å². The highest BCUT2D eigenvalue weighted by Gasteiger charge is 2.20. The van der Waals surface area contributed by atoms with Crippen LogP contribution in [0.3, 0.4) is 0 Å². The van der Waals surface area contributed by atoms with Crippen molar-refractivity contribution in [1.82, 2.24) is 15.0 Å². The van der Waals surface area contributed by atoms with E-state index in [1.807, 2.05) is 17.5 Å². The van der Waals surface area contributed by atoms with Crippen molar-refractivity contribution in [3.63, 3.8) is 0 Å². The fraction of sp³-hybridized carbons (Fsp3) is 0.364. The second-order valence-corrected chi connectivity index (χ2v) is 4.58. The first-order chi connectivity index (χ1) is 9.24. The summed E-state index contributed by atoms with van der Waals surface area (Å²) < 4.78 is 6.65. The van der Waals surface area contributed by atoms with E-state index < -0.39 is 5.97 Å². The molecule has 0 amide bonds. The number of nitrogens with zero attached hydrogens (tertiary/aromatic N) is 3. The van der Waals surface area contributed by atoms with E-state index in [1.54, 1.807) is 0 Å². The molecule has 0 saturated heterocycles. The van der Waals surface area contributed by atoms with Gasteiger partial charge in [-0.25, -0.2) is 9.48 Å². The predicted octanol–water partition coefficient (Wildman–Crippen LogP) is 0.714. The molecular formula is C11H13N3O4S. The smallest absolute Gasteiger partial charge is 0.358 e. The van der Waals surface area contributed by atoms with E-state index >= 15 is 0 Å². The van der Waals surface area contributed by atoms with Crippen LogP contribution in [0.25, 0.3) is 10.6 Å². The first-order valence-corrected chi connectivity index (χ1v) is 6.51. The third-order valence-corrected chi connectivity index (χ3v) is 3.25. The van der Waals surface area contributed by atoms with Gasteiger partial charge in [0.2, 0.25) is 0 Å². The van der Waals surface area contributed by atoms with E-state index in [4.69, 9.17) is 14.9 Å². The minimum Gasteiger partial charge on any atom is -0.476 e. The quantitative estimate of drug-likeness (QED) is 0.726. The van der Waals surface area contributed by atoms with Crippen LogP contribution in [0.1, 0.15) is 10.5 Å². The van der Waals surface area contributed by atoms with E-state index in [-0.39, 0.29) is 18.9 Å². The molecule has 2 heterocycles. The fourth-order valence-corrected chi connectivity index (χ4v) is 2.36. The minimum absolute atomic E-state index is 0.0461. The van der Waals surface area contributed by atoms with Gasteiger partial charge in [0.1, 0.15) is 5.69 Å². The molecular weight excluding hydrogens is 270 g/mol. The molecule has 0 unspecified atom stereocenters. The van der Waals surface area contributed by atoms with Crippen LogP contribution < -0.4 is 0 Å². The van der Waals surface area contributed by atoms with Crippen molar-refractivity contribution >= 4 is 17.3 Å². The molecule has 2 aromatic heterocycles. The van der Waals surface area contributed by atoms with Crippen LogP contribution >= 0.6 is 11.3 Å². The van der Waals surface area contributed by atoms with Crippen molar-refractivity contribution in [1.29, 1.82) is 0 Å². The van der Waals surface area contributed by atoms with Crippen molar-refractivity contribution in [2.45, 2.75) is 6.54 Å². The normalized spacial score (nSPS) is 10.8. The van der Waals surface area contributed by atoms with Gasteiger partial charge >= 0.3 is 5.97 Å². The lowest BCUT2D eigenvalue weighted by atomic mass is 10.2. The predicted molar refractivity (Wildman–Crippen MR) is 68.2 cm³/mol. The number of carbonyl (C=O) groups is 1. The van der Waals surface area contributed by atoms with Crippen LogP contribution in [0, 0.1) is 0 Å². The Hall–Kier alpha value is -1.77. The number of ether oxygens (including phenoxy) is 1. The molecule has 0 saturated carbocycles. The third kappa shape index (κ3) is 3.16. The minimum atomic E-state index is -1.11. The van der Waals surface area contributed by atoms with Gasteiger partial charge < -0.3 is 14.9 Å². The summed E-state index contributed by atoms with van der Waals surface area (Å²) in [6.45, 7) is 0.916. The molecule has 0 atom stereocenters. The molecule has 2 aromatic rings. The maximum atomic E-state index is 11.1. The van der Waals surface area contributed by atoms with Gasteiger partial charge in [0.05, 0.1) is 31.2 Å². The molecule has 19 heavy (non-hydrogen) atoms. The molecule has 0 fully saturated rings. The summed E-state index contributed by atoms with van der Waals surface area (Å²) in [5.41, 5.74) is 0.416. The van der Waals surface area contributed by atoms with Gasteiger partial charge in [-0.2, -0.15) is 0 Å². The Labute approximate surface area is 113 Å². The summed E-state index contributed by atoms with van der Waals surface area (Å²) in [4.78, 5) is 11.9. The summed E-state index contributed by atoms with van der Waals surface area (Å²) in [5.74, 6) is -1.11. The molecule has 0 aliphatic carbocycles. The maximum Gasteiger partial charge on any atom is 0.358 e. The first kappa shape index (κ1) is 13.7. The van der Waals surface area contributed by atoms with Crippen molar-refractivity contribution < 1.29 is 19.7 Å². The first-order valence-electron chi connectivity index (χ1n) is 5.63. The Morgan fingerprint density at radius 1 is 1.47 bits per heavy atom. The van der Waals surface area contributed by atoms with Gasteiger partial charge in [0, 0.05) is 0 Å². The molecule has 0 aromatic carbocycles. The zero-order chi connectivity index (χ0) is 13.7. The van der Waals surface area contributed by atoms with Gasteiger partial charge in [0.15, 0.2) is 5.69 Å². The van der Waals surface area contributed by atoms with Crippen LogP contribution in [0.5, 0.6) is 0 Å². The molecule has 102 valence electrons. The number of aromatic nitrogens is 3. The summed E-state index contributed by atoms with van der Waals surface area (Å²) in [6.07, 6.45) is 0. The zero-order valence-electron chi connectivity index (χ0n) is 10.0. The Bertz CT molecular complexity index is 538. The molecule has 0 aliphatic rings. The lowest BCUT2D eigenvalue weighted by molar-refractivity contribution is 0.0691. The summed E-state index contributed by atoms with van der Waals surface area (Å²) >= 11 is 1.43. The van der Waals surface area contributed by atoms with Crippen molar-refractivity contribution in [2.75, 3.05) is 19.8 Å². The summed E-state index contributed by atoms with van der Waals surface area (Å²) in [6, 6.07) is 3.66. The largest absolute Gasteiger partial charge is 0.476 e. The van der Waals surface area contributed by atoms with E-state index in [9.17, 15) is 4.79 Å². The molecule has 7 nitrogen and oxygen atoms in total. The van der Waals surface area contributed by atoms with Crippen molar-refractivity contribution in [2.24, 2.45) is 0 Å². The van der Waals surface area contributed by atoms with E-state index in [1.165, 1.54) is 16.0 Å². The Morgan fingerprint density at radius 3 is 2.95 bits per heavy atom. The fourth-order valence-electron chi connectivity index (χ4n) is 1.59. The average molecular weight is 283 g/mol. The van der Waals surface area contributed by atoms with E-state index in [0.29, 0.717) is 18.8 Å².